The van der Waals surface area contributed by atoms with Crippen molar-refractivity contribution in [3.8, 4) is 0 Å². The molecule has 0 atom stereocenters. The van der Waals surface area contributed by atoms with Crippen molar-refractivity contribution >= 4 is 32.8 Å². The summed E-state index contributed by atoms with van der Waals surface area (Å²) in [6.45, 7) is 2.14. The van der Waals surface area contributed by atoms with E-state index >= 15 is 0 Å². The standard InChI is InChI=1S/C14H14BrNO2/c1-3-4-9-5-6-12-10(7-9)13(15)11(8-16-12)14(17)18-2/h5-8H,3-4H2,1-2H3. The summed E-state index contributed by atoms with van der Waals surface area (Å²) in [7, 11) is 1.37. The van der Waals surface area contributed by atoms with Gasteiger partial charge in [0.1, 0.15) is 0 Å². The monoisotopic (exact) mass is 307 g/mol. The van der Waals surface area contributed by atoms with Crippen molar-refractivity contribution in [2.45, 2.75) is 19.8 Å². The molecule has 0 bridgehead atoms. The largest absolute Gasteiger partial charge is 0.465 e. The Morgan fingerprint density at radius 2 is 2.22 bits per heavy atom. The Morgan fingerprint density at radius 3 is 2.89 bits per heavy atom. The third-order valence-corrected chi connectivity index (χ3v) is 3.66. The minimum absolute atomic E-state index is 0.378. The van der Waals surface area contributed by atoms with Crippen LogP contribution in [0.2, 0.25) is 0 Å². The first kappa shape index (κ1) is 13.0. The van der Waals surface area contributed by atoms with Crippen molar-refractivity contribution in [2.24, 2.45) is 0 Å². The van der Waals surface area contributed by atoms with Gasteiger partial charge in [-0.25, -0.2) is 4.79 Å². The number of aryl methyl sites for hydroxylation is 1. The summed E-state index contributed by atoms with van der Waals surface area (Å²) in [5.41, 5.74) is 2.57. The lowest BCUT2D eigenvalue weighted by Gasteiger charge is -2.07. The number of hydrogen-bond donors (Lipinski definition) is 0. The second-order valence-electron chi connectivity index (χ2n) is 4.08. The number of methoxy groups -OCH3 is 1. The number of carbonyl (C=O) groups excluding carboxylic acids is 1. The molecule has 0 saturated carbocycles. The van der Waals surface area contributed by atoms with E-state index in [-0.39, 0.29) is 5.97 Å². The minimum atomic E-state index is -0.378. The Bertz CT molecular complexity index is 596. The molecule has 3 nitrogen and oxygen atoms in total. The van der Waals surface area contributed by atoms with Crippen LogP contribution in [0.25, 0.3) is 10.9 Å². The molecule has 1 heterocycles. The van der Waals surface area contributed by atoms with Crippen LogP contribution in [0.1, 0.15) is 29.3 Å². The number of nitrogens with zero attached hydrogens (tertiary/aromatic N) is 1. The number of hydrogen-bond acceptors (Lipinski definition) is 3. The number of ether oxygens (including phenoxy) is 1. The van der Waals surface area contributed by atoms with Crippen LogP contribution in [0.4, 0.5) is 0 Å². The first-order valence-corrected chi connectivity index (χ1v) is 6.62. The summed E-state index contributed by atoms with van der Waals surface area (Å²) in [5.74, 6) is -0.378. The number of halogens is 1. The van der Waals surface area contributed by atoms with Gasteiger partial charge in [-0.1, -0.05) is 19.4 Å². The number of esters is 1. The number of rotatable bonds is 3. The fraction of sp³-hybridized carbons (Fsp3) is 0.286. The molecule has 0 spiro atoms. The average molecular weight is 308 g/mol. The molecule has 0 fully saturated rings. The zero-order valence-corrected chi connectivity index (χ0v) is 12.0. The van der Waals surface area contributed by atoms with Gasteiger partial charge in [-0.2, -0.15) is 0 Å². The molecule has 2 rings (SSSR count). The van der Waals surface area contributed by atoms with Crippen LogP contribution >= 0.6 is 15.9 Å². The number of fused-ring (bicyclic) bond motifs is 1. The van der Waals surface area contributed by atoms with Gasteiger partial charge in [0.05, 0.1) is 18.2 Å². The van der Waals surface area contributed by atoms with Crippen molar-refractivity contribution in [3.63, 3.8) is 0 Å². The number of pyridine rings is 1. The van der Waals surface area contributed by atoms with Crippen molar-refractivity contribution in [1.82, 2.24) is 4.98 Å². The third-order valence-electron chi connectivity index (χ3n) is 2.81. The summed E-state index contributed by atoms with van der Waals surface area (Å²) < 4.78 is 5.48. The molecule has 1 aromatic carbocycles. The van der Waals surface area contributed by atoms with E-state index in [1.165, 1.54) is 18.9 Å². The minimum Gasteiger partial charge on any atom is -0.465 e. The Morgan fingerprint density at radius 1 is 1.44 bits per heavy atom. The van der Waals surface area contributed by atoms with E-state index in [1.807, 2.05) is 6.07 Å². The number of benzene rings is 1. The van der Waals surface area contributed by atoms with Crippen molar-refractivity contribution < 1.29 is 9.53 Å². The average Bonchev–Trinajstić information content (AvgIpc) is 2.39. The van der Waals surface area contributed by atoms with E-state index in [4.69, 9.17) is 4.74 Å². The van der Waals surface area contributed by atoms with Gasteiger partial charge in [0.15, 0.2) is 0 Å². The van der Waals surface area contributed by atoms with Crippen LogP contribution < -0.4 is 0 Å². The molecule has 94 valence electrons. The van der Waals surface area contributed by atoms with Crippen LogP contribution in [0.15, 0.2) is 28.9 Å². The maximum atomic E-state index is 11.6. The molecule has 18 heavy (non-hydrogen) atoms. The van der Waals surface area contributed by atoms with Gasteiger partial charge in [0.25, 0.3) is 0 Å². The topological polar surface area (TPSA) is 39.2 Å². The Balaban J connectivity index is 2.60. The van der Waals surface area contributed by atoms with E-state index in [1.54, 1.807) is 0 Å². The van der Waals surface area contributed by atoms with Gasteiger partial charge in [-0.15, -0.1) is 0 Å². The second-order valence-corrected chi connectivity index (χ2v) is 4.87. The molecule has 0 aliphatic heterocycles. The van der Waals surface area contributed by atoms with Gasteiger partial charge in [-0.3, -0.25) is 4.98 Å². The van der Waals surface area contributed by atoms with E-state index in [2.05, 4.69) is 40.0 Å². The summed E-state index contributed by atoms with van der Waals surface area (Å²) >= 11 is 3.47. The van der Waals surface area contributed by atoms with E-state index in [0.717, 1.165) is 28.2 Å². The fourth-order valence-corrected chi connectivity index (χ4v) is 2.49. The smallest absolute Gasteiger partial charge is 0.340 e. The van der Waals surface area contributed by atoms with Gasteiger partial charge in [0.2, 0.25) is 0 Å². The fourth-order valence-electron chi connectivity index (χ4n) is 1.90. The molecular weight excluding hydrogens is 294 g/mol. The molecule has 0 radical (unpaired) electrons. The second kappa shape index (κ2) is 5.48. The highest BCUT2D eigenvalue weighted by Gasteiger charge is 2.14. The summed E-state index contributed by atoms with van der Waals surface area (Å²) in [6, 6.07) is 6.12. The molecule has 0 amide bonds. The van der Waals surface area contributed by atoms with Crippen molar-refractivity contribution in [2.75, 3.05) is 7.11 Å². The first-order valence-electron chi connectivity index (χ1n) is 5.82. The predicted octanol–water partition coefficient (Wildman–Crippen LogP) is 3.74. The van der Waals surface area contributed by atoms with Gasteiger partial charge >= 0.3 is 5.97 Å². The molecule has 4 heteroatoms. The summed E-state index contributed by atoms with van der Waals surface area (Å²) in [6.07, 6.45) is 3.65. The maximum absolute atomic E-state index is 11.6. The molecule has 2 aromatic rings. The van der Waals surface area contributed by atoms with Crippen LogP contribution in [0.3, 0.4) is 0 Å². The van der Waals surface area contributed by atoms with Crippen LogP contribution in [0.5, 0.6) is 0 Å². The van der Waals surface area contributed by atoms with Crippen molar-refractivity contribution in [3.05, 3.63) is 40.0 Å². The SMILES string of the molecule is CCCc1ccc2ncc(C(=O)OC)c(Br)c2c1. The van der Waals surface area contributed by atoms with Gasteiger partial charge in [-0.05, 0) is 40.0 Å². The Labute approximate surface area is 114 Å². The third kappa shape index (κ3) is 2.38. The number of carbonyl (C=O) groups is 1. The molecule has 0 N–H and O–H groups in total. The quantitative estimate of drug-likeness (QED) is 0.811. The highest BCUT2D eigenvalue weighted by Crippen LogP contribution is 2.27. The zero-order valence-electron chi connectivity index (χ0n) is 10.4. The van der Waals surface area contributed by atoms with Gasteiger partial charge in [0, 0.05) is 16.1 Å². The van der Waals surface area contributed by atoms with Crippen LogP contribution in [0, 0.1) is 0 Å². The predicted molar refractivity (Wildman–Crippen MR) is 74.8 cm³/mol. The highest BCUT2D eigenvalue weighted by atomic mass is 79.9. The molecule has 0 aliphatic carbocycles. The normalized spacial score (nSPS) is 10.6. The zero-order chi connectivity index (χ0) is 13.1. The van der Waals surface area contributed by atoms with Crippen LogP contribution in [-0.2, 0) is 11.2 Å². The highest BCUT2D eigenvalue weighted by molar-refractivity contribution is 9.10. The summed E-state index contributed by atoms with van der Waals surface area (Å²) in [4.78, 5) is 15.9. The lowest BCUT2D eigenvalue weighted by molar-refractivity contribution is 0.0599. The van der Waals surface area contributed by atoms with E-state index in [0.29, 0.717) is 5.56 Å². The molecule has 1 aromatic heterocycles. The van der Waals surface area contributed by atoms with E-state index < -0.39 is 0 Å². The molecular formula is C14H14BrNO2. The lowest BCUT2D eigenvalue weighted by atomic mass is 10.1. The number of aromatic nitrogens is 1. The summed E-state index contributed by atoms with van der Waals surface area (Å²) in [5, 5.41) is 0.948. The first-order chi connectivity index (χ1) is 8.67. The lowest BCUT2D eigenvalue weighted by Crippen LogP contribution is -2.03. The Hall–Kier alpha value is -1.42. The van der Waals surface area contributed by atoms with Crippen molar-refractivity contribution in [1.29, 1.82) is 0 Å². The van der Waals surface area contributed by atoms with E-state index in [9.17, 15) is 4.79 Å². The maximum Gasteiger partial charge on any atom is 0.340 e. The molecule has 0 saturated heterocycles. The van der Waals surface area contributed by atoms with Gasteiger partial charge < -0.3 is 4.74 Å². The molecule has 0 unspecified atom stereocenters. The molecule has 0 aliphatic rings. The van der Waals surface area contributed by atoms with Crippen LogP contribution in [-0.4, -0.2) is 18.1 Å². The Kier molecular flexibility index (Phi) is 3.97.